The van der Waals surface area contributed by atoms with Crippen molar-refractivity contribution < 1.29 is 27.8 Å². The molecule has 0 atom stereocenters. The van der Waals surface area contributed by atoms with E-state index >= 15 is 8.78 Å². The van der Waals surface area contributed by atoms with Crippen LogP contribution in [0.25, 0.3) is 11.3 Å². The van der Waals surface area contributed by atoms with Crippen LogP contribution in [-0.4, -0.2) is 111 Å². The second kappa shape index (κ2) is 17.2. The van der Waals surface area contributed by atoms with E-state index in [2.05, 4.69) is 15.1 Å². The number of nitrogens with zero attached hydrogens (tertiary/aromatic N) is 9. The monoisotopic (exact) mass is 792 g/mol. The second-order valence-corrected chi connectivity index (χ2v) is 14.5. The number of piperazine rings is 1. The number of amides is 2. The highest BCUT2D eigenvalue weighted by Crippen LogP contribution is 2.37. The number of ether oxygens (including phenoxy) is 3. The molecule has 2 fully saturated rings. The van der Waals surface area contributed by atoms with E-state index in [0.717, 1.165) is 35.7 Å². The summed E-state index contributed by atoms with van der Waals surface area (Å²) in [4.78, 5) is 43.0. The van der Waals surface area contributed by atoms with E-state index in [4.69, 9.17) is 34.1 Å². The molecule has 2 saturated heterocycles. The number of rotatable bonds is 11. The first-order chi connectivity index (χ1) is 28.3. The minimum absolute atomic E-state index is 0.231. The van der Waals surface area contributed by atoms with E-state index in [0.29, 0.717) is 99.1 Å². The summed E-state index contributed by atoms with van der Waals surface area (Å²) in [6.45, 7) is 6.28. The number of hydrogen-bond acceptors (Lipinski definition) is 12. The van der Waals surface area contributed by atoms with Gasteiger partial charge in [0.05, 0.1) is 33.1 Å². The quantitative estimate of drug-likeness (QED) is 0.179. The van der Waals surface area contributed by atoms with E-state index in [-0.39, 0.29) is 6.54 Å². The van der Waals surface area contributed by atoms with Crippen LogP contribution in [0.1, 0.15) is 16.7 Å². The third-order valence-electron chi connectivity index (χ3n) is 10.7. The number of carbonyl (C=O) groups is 1. The predicted octanol–water partition coefficient (Wildman–Crippen LogP) is 5.62. The molecule has 2 aromatic heterocycles. The lowest BCUT2D eigenvalue weighted by Crippen LogP contribution is -2.44. The first kappa shape index (κ1) is 38.7. The lowest BCUT2D eigenvalue weighted by molar-refractivity contribution is 0.122. The molecule has 2 amide bonds. The third kappa shape index (κ3) is 8.43. The Kier molecular flexibility index (Phi) is 11.5. The number of fused-ring (bicyclic) bond motifs is 1. The highest BCUT2D eigenvalue weighted by Gasteiger charge is 2.33. The predicted molar refractivity (Wildman–Crippen MR) is 218 cm³/mol. The minimum Gasteiger partial charge on any atom is -0.497 e. The van der Waals surface area contributed by atoms with Crippen molar-refractivity contribution in [2.75, 3.05) is 105 Å². The number of carbonyl (C=O) groups excluding carboxylic acids is 1. The Hall–Kier alpha value is -6.13. The summed E-state index contributed by atoms with van der Waals surface area (Å²) in [6.07, 6.45) is 3.88. The molecule has 3 aliphatic rings. The largest absolute Gasteiger partial charge is 0.497 e. The first-order valence-corrected chi connectivity index (χ1v) is 19.3. The molecule has 0 radical (unpaired) electrons. The zero-order chi connectivity index (χ0) is 40.2. The summed E-state index contributed by atoms with van der Waals surface area (Å²) in [5, 5.41) is 2.50. The van der Waals surface area contributed by atoms with Crippen molar-refractivity contribution in [3.8, 4) is 22.8 Å². The number of benzene rings is 3. The SMILES string of the molecule is COc1ccc(CN(Cc2ccc(OC)cc2)c2ncc(-c3nc(N4CCOCC4)nc4c3CCN4C(=O)Nc3c(F)cc(N4CCN(C)CC4)cc3F)cn2)cc1. The van der Waals surface area contributed by atoms with E-state index < -0.39 is 23.4 Å². The summed E-state index contributed by atoms with van der Waals surface area (Å²) in [5.41, 5.74) is 3.98. The van der Waals surface area contributed by atoms with Gasteiger partial charge in [-0.3, -0.25) is 4.90 Å². The molecule has 0 spiro atoms. The number of nitrogens with one attached hydrogen (secondary N) is 1. The Bertz CT molecular complexity index is 2140. The van der Waals surface area contributed by atoms with Gasteiger partial charge in [0.1, 0.15) is 23.0 Å². The molecule has 8 rings (SSSR count). The number of aromatic nitrogens is 4. The average molecular weight is 793 g/mol. The lowest BCUT2D eigenvalue weighted by atomic mass is 10.1. The number of halogens is 2. The molecule has 0 unspecified atom stereocenters. The maximum Gasteiger partial charge on any atom is 0.327 e. The van der Waals surface area contributed by atoms with Crippen molar-refractivity contribution in [3.05, 3.63) is 101 Å². The van der Waals surface area contributed by atoms with Gasteiger partial charge in [0, 0.05) is 88.1 Å². The molecule has 0 aliphatic carbocycles. The van der Waals surface area contributed by atoms with Crippen LogP contribution in [0.15, 0.2) is 73.1 Å². The van der Waals surface area contributed by atoms with Crippen LogP contribution in [0.4, 0.5) is 42.7 Å². The van der Waals surface area contributed by atoms with Crippen LogP contribution >= 0.6 is 0 Å². The Morgan fingerprint density at radius 2 is 1.38 bits per heavy atom. The van der Waals surface area contributed by atoms with Gasteiger partial charge in [0.2, 0.25) is 11.9 Å². The fourth-order valence-electron chi connectivity index (χ4n) is 7.39. The molecular formula is C42H46F2N10O4. The van der Waals surface area contributed by atoms with Crippen LogP contribution in [-0.2, 0) is 24.2 Å². The number of likely N-dealkylation sites (N-methyl/N-ethyl adjacent to an activating group) is 1. The van der Waals surface area contributed by atoms with Gasteiger partial charge < -0.3 is 39.1 Å². The summed E-state index contributed by atoms with van der Waals surface area (Å²) in [5.74, 6) is 1.14. The molecule has 5 aromatic rings. The summed E-state index contributed by atoms with van der Waals surface area (Å²) >= 11 is 0. The van der Waals surface area contributed by atoms with Crippen molar-refractivity contribution in [1.29, 1.82) is 0 Å². The minimum atomic E-state index is -0.843. The molecule has 0 saturated carbocycles. The topological polar surface area (TPSA) is 125 Å². The molecule has 14 nitrogen and oxygen atoms in total. The molecule has 3 aromatic carbocycles. The highest BCUT2D eigenvalue weighted by molar-refractivity contribution is 6.03. The van der Waals surface area contributed by atoms with Gasteiger partial charge in [0.25, 0.3) is 0 Å². The molecule has 58 heavy (non-hydrogen) atoms. The molecule has 1 N–H and O–H groups in total. The Morgan fingerprint density at radius 1 is 0.793 bits per heavy atom. The molecule has 3 aliphatic heterocycles. The molecule has 0 bridgehead atoms. The molecule has 5 heterocycles. The van der Waals surface area contributed by atoms with Gasteiger partial charge in [-0.2, -0.15) is 4.98 Å². The maximum absolute atomic E-state index is 15.5. The van der Waals surface area contributed by atoms with Crippen LogP contribution in [0.3, 0.4) is 0 Å². The number of hydrogen-bond donors (Lipinski definition) is 1. The first-order valence-electron chi connectivity index (χ1n) is 19.3. The van der Waals surface area contributed by atoms with Crippen molar-refractivity contribution in [2.45, 2.75) is 19.5 Å². The van der Waals surface area contributed by atoms with Crippen molar-refractivity contribution in [2.24, 2.45) is 0 Å². The average Bonchev–Trinajstić information content (AvgIpc) is 3.70. The standard InChI is InChI=1S/C42H46F2N10O4/c1-50-14-16-51(17-15-50)31-22-35(43)38(36(44)23-31)48-42(55)54-13-12-34-37(47-41(49-39(34)54)52-18-20-58-21-19-52)30-24-45-40(46-25-30)53(26-28-4-8-32(56-2)9-5-28)27-29-6-10-33(57-3)11-7-29/h4-11,22-25H,12-21,26-27H2,1-3H3,(H,48,55). The van der Waals surface area contributed by atoms with Crippen molar-refractivity contribution >= 4 is 35.1 Å². The third-order valence-corrected chi connectivity index (χ3v) is 10.7. The fraction of sp³-hybridized carbons (Fsp3) is 0.357. The zero-order valence-electron chi connectivity index (χ0n) is 32.8. The van der Waals surface area contributed by atoms with E-state index in [9.17, 15) is 4.79 Å². The fourth-order valence-corrected chi connectivity index (χ4v) is 7.39. The molecular weight excluding hydrogens is 747 g/mol. The van der Waals surface area contributed by atoms with Crippen LogP contribution in [0.2, 0.25) is 0 Å². The summed E-state index contributed by atoms with van der Waals surface area (Å²) in [7, 11) is 5.29. The number of morpholine rings is 1. The lowest BCUT2D eigenvalue weighted by Gasteiger charge is -2.34. The van der Waals surface area contributed by atoms with Gasteiger partial charge in [-0.1, -0.05) is 24.3 Å². The summed E-state index contributed by atoms with van der Waals surface area (Å²) in [6, 6.07) is 17.6. The second-order valence-electron chi connectivity index (χ2n) is 14.5. The van der Waals surface area contributed by atoms with Crippen LogP contribution in [0.5, 0.6) is 11.5 Å². The van der Waals surface area contributed by atoms with Gasteiger partial charge in [-0.05, 0) is 61.0 Å². The molecule has 16 heteroatoms. The number of urea groups is 1. The zero-order valence-corrected chi connectivity index (χ0v) is 32.8. The van der Waals surface area contributed by atoms with Gasteiger partial charge >= 0.3 is 6.03 Å². The summed E-state index contributed by atoms with van der Waals surface area (Å²) < 4.78 is 47.3. The van der Waals surface area contributed by atoms with Crippen LogP contribution < -0.4 is 34.4 Å². The van der Waals surface area contributed by atoms with E-state index in [1.54, 1.807) is 26.6 Å². The molecule has 302 valence electrons. The number of methoxy groups -OCH3 is 2. The Labute approximate surface area is 336 Å². The van der Waals surface area contributed by atoms with Crippen LogP contribution in [0, 0.1) is 11.6 Å². The van der Waals surface area contributed by atoms with Gasteiger partial charge in [-0.25, -0.2) is 28.5 Å². The van der Waals surface area contributed by atoms with E-state index in [1.807, 2.05) is 65.4 Å². The Morgan fingerprint density at radius 3 is 1.95 bits per heavy atom. The maximum atomic E-state index is 15.5. The normalized spacial score (nSPS) is 15.6. The van der Waals surface area contributed by atoms with Crippen molar-refractivity contribution in [3.63, 3.8) is 0 Å². The van der Waals surface area contributed by atoms with Crippen molar-refractivity contribution in [1.82, 2.24) is 24.8 Å². The number of anilines is 5. The van der Waals surface area contributed by atoms with E-state index in [1.165, 1.54) is 17.0 Å². The highest BCUT2D eigenvalue weighted by atomic mass is 19.1. The smallest absolute Gasteiger partial charge is 0.327 e. The Balaban J connectivity index is 1.08. The van der Waals surface area contributed by atoms with Gasteiger partial charge in [-0.15, -0.1) is 0 Å². The van der Waals surface area contributed by atoms with Gasteiger partial charge in [0.15, 0.2) is 11.6 Å².